The summed E-state index contributed by atoms with van der Waals surface area (Å²) in [6.45, 7) is 8.86. The topological polar surface area (TPSA) is 37.3 Å². The number of hydrogen-bond acceptors (Lipinski definition) is 1. The van der Waals surface area contributed by atoms with Gasteiger partial charge in [-0.15, -0.1) is 0 Å². The van der Waals surface area contributed by atoms with E-state index in [2.05, 4.69) is 6.58 Å². The van der Waals surface area contributed by atoms with Gasteiger partial charge in [0.15, 0.2) is 0 Å². The molecule has 0 aliphatic carbocycles. The Morgan fingerprint density at radius 3 is 2.17 bits per heavy atom. The number of carboxylic acids is 1. The molecule has 0 unspecified atom stereocenters. The van der Waals surface area contributed by atoms with E-state index in [1.165, 1.54) is 0 Å². The molecule has 2 heteroatoms. The van der Waals surface area contributed by atoms with E-state index in [1.54, 1.807) is 26.0 Å². The highest BCUT2D eigenvalue weighted by atomic mass is 16.4. The average Bonchev–Trinajstić information content (AvgIpc) is 2.03. The van der Waals surface area contributed by atoms with Gasteiger partial charge in [0.05, 0.1) is 5.57 Å². The predicted molar refractivity (Wildman–Crippen MR) is 50.0 cm³/mol. The van der Waals surface area contributed by atoms with Crippen molar-refractivity contribution in [3.05, 3.63) is 35.5 Å². The molecule has 0 aromatic heterocycles. The Balaban J connectivity index is 5.19. The van der Waals surface area contributed by atoms with Crippen LogP contribution >= 0.6 is 0 Å². The molecule has 0 saturated carbocycles. The summed E-state index contributed by atoms with van der Waals surface area (Å²) in [6, 6.07) is 0. The summed E-state index contributed by atoms with van der Waals surface area (Å²) in [4.78, 5) is 10.8. The van der Waals surface area contributed by atoms with E-state index in [-0.39, 0.29) is 0 Å². The van der Waals surface area contributed by atoms with E-state index >= 15 is 0 Å². The fraction of sp³-hybridized carbons (Fsp3) is 0.300. The van der Waals surface area contributed by atoms with Gasteiger partial charge in [0.2, 0.25) is 0 Å². The van der Waals surface area contributed by atoms with E-state index < -0.39 is 5.97 Å². The van der Waals surface area contributed by atoms with Crippen molar-refractivity contribution in [2.24, 2.45) is 0 Å². The molecule has 0 atom stereocenters. The molecule has 0 aromatic carbocycles. The first-order chi connectivity index (χ1) is 5.54. The van der Waals surface area contributed by atoms with Crippen LogP contribution in [-0.4, -0.2) is 11.1 Å². The molecule has 0 fully saturated rings. The maximum atomic E-state index is 10.8. The Morgan fingerprint density at radius 1 is 1.42 bits per heavy atom. The first-order valence-corrected chi connectivity index (χ1v) is 3.74. The molecule has 0 aliphatic heterocycles. The van der Waals surface area contributed by atoms with Crippen molar-refractivity contribution in [2.45, 2.75) is 20.8 Å². The van der Waals surface area contributed by atoms with Crippen LogP contribution in [0.3, 0.4) is 0 Å². The van der Waals surface area contributed by atoms with Gasteiger partial charge in [0, 0.05) is 0 Å². The molecule has 0 rings (SSSR count). The maximum Gasteiger partial charge on any atom is 0.336 e. The number of carboxylic acid groups (broad SMARTS) is 1. The van der Waals surface area contributed by atoms with E-state index in [9.17, 15) is 4.79 Å². The van der Waals surface area contributed by atoms with Crippen molar-refractivity contribution in [3.63, 3.8) is 0 Å². The summed E-state index contributed by atoms with van der Waals surface area (Å²) in [7, 11) is 0. The van der Waals surface area contributed by atoms with Crippen LogP contribution in [0.2, 0.25) is 0 Å². The molecule has 0 aliphatic rings. The van der Waals surface area contributed by atoms with Gasteiger partial charge in [-0.25, -0.2) is 4.79 Å². The van der Waals surface area contributed by atoms with Gasteiger partial charge in [-0.3, -0.25) is 0 Å². The van der Waals surface area contributed by atoms with Crippen LogP contribution in [0.25, 0.3) is 0 Å². The molecular weight excluding hydrogens is 152 g/mol. The highest BCUT2D eigenvalue weighted by Crippen LogP contribution is 2.15. The minimum absolute atomic E-state index is 0.340. The van der Waals surface area contributed by atoms with Crippen molar-refractivity contribution in [3.8, 4) is 0 Å². The minimum atomic E-state index is -0.900. The lowest BCUT2D eigenvalue weighted by Gasteiger charge is -2.04. The molecule has 12 heavy (non-hydrogen) atoms. The van der Waals surface area contributed by atoms with E-state index in [0.29, 0.717) is 11.1 Å². The lowest BCUT2D eigenvalue weighted by Crippen LogP contribution is -2.03. The van der Waals surface area contributed by atoms with Gasteiger partial charge in [0.25, 0.3) is 0 Å². The highest BCUT2D eigenvalue weighted by Gasteiger charge is 2.10. The van der Waals surface area contributed by atoms with Crippen LogP contribution in [0.1, 0.15) is 20.8 Å². The van der Waals surface area contributed by atoms with Crippen molar-refractivity contribution < 1.29 is 9.90 Å². The molecule has 0 amide bonds. The molecule has 0 spiro atoms. The zero-order chi connectivity index (χ0) is 9.72. The molecule has 66 valence electrons. The third-order valence-electron chi connectivity index (χ3n) is 1.74. The Hall–Kier alpha value is -1.31. The lowest BCUT2D eigenvalue weighted by molar-refractivity contribution is -0.132. The molecular formula is C10H14O2. The van der Waals surface area contributed by atoms with Gasteiger partial charge in [-0.1, -0.05) is 18.7 Å². The number of hydrogen-bond donors (Lipinski definition) is 1. The maximum absolute atomic E-state index is 10.8. The van der Waals surface area contributed by atoms with E-state index in [1.807, 2.05) is 6.92 Å². The second kappa shape index (κ2) is 4.54. The number of aliphatic carboxylic acids is 1. The number of rotatable bonds is 3. The Bertz CT molecular complexity index is 257. The van der Waals surface area contributed by atoms with Crippen LogP contribution in [0.15, 0.2) is 35.5 Å². The highest BCUT2D eigenvalue weighted by molar-refractivity contribution is 5.92. The lowest BCUT2D eigenvalue weighted by atomic mass is 10.0. The third kappa shape index (κ3) is 2.38. The Labute approximate surface area is 72.9 Å². The predicted octanol–water partition coefficient (Wildman–Crippen LogP) is 2.54. The fourth-order valence-corrected chi connectivity index (χ4v) is 0.895. The van der Waals surface area contributed by atoms with Crippen LogP contribution in [-0.2, 0) is 4.79 Å². The van der Waals surface area contributed by atoms with Crippen LogP contribution < -0.4 is 0 Å². The van der Waals surface area contributed by atoms with Gasteiger partial charge >= 0.3 is 5.97 Å². The van der Waals surface area contributed by atoms with E-state index in [4.69, 9.17) is 5.11 Å². The van der Waals surface area contributed by atoms with Crippen molar-refractivity contribution in [2.75, 3.05) is 0 Å². The number of allylic oxidation sites excluding steroid dienone is 3. The van der Waals surface area contributed by atoms with Crippen molar-refractivity contribution >= 4 is 5.97 Å². The smallest absolute Gasteiger partial charge is 0.336 e. The van der Waals surface area contributed by atoms with Crippen molar-refractivity contribution in [1.82, 2.24) is 0 Å². The zero-order valence-electron chi connectivity index (χ0n) is 7.72. The fourth-order valence-electron chi connectivity index (χ4n) is 0.895. The van der Waals surface area contributed by atoms with Crippen LogP contribution in [0.5, 0.6) is 0 Å². The summed E-state index contributed by atoms with van der Waals surface area (Å²) >= 11 is 0. The van der Waals surface area contributed by atoms with Gasteiger partial charge in [0.1, 0.15) is 0 Å². The molecule has 0 radical (unpaired) electrons. The first kappa shape index (κ1) is 10.7. The summed E-state index contributed by atoms with van der Waals surface area (Å²) in [5.74, 6) is -0.900. The first-order valence-electron chi connectivity index (χ1n) is 3.74. The monoisotopic (exact) mass is 166 g/mol. The summed E-state index contributed by atoms with van der Waals surface area (Å²) in [5, 5.41) is 8.83. The molecule has 1 N–H and O–H groups in total. The molecule has 0 bridgehead atoms. The average molecular weight is 166 g/mol. The largest absolute Gasteiger partial charge is 0.478 e. The molecule has 0 aromatic rings. The van der Waals surface area contributed by atoms with Crippen LogP contribution in [0, 0.1) is 0 Å². The molecule has 2 nitrogen and oxygen atoms in total. The second-order valence-electron chi connectivity index (χ2n) is 2.54. The summed E-state index contributed by atoms with van der Waals surface area (Å²) in [6.07, 6.45) is 3.33. The SMILES string of the molecule is C=C/C(C)=C(C(=O)O)\C(C)=C/C. The third-order valence-corrected chi connectivity index (χ3v) is 1.74. The second-order valence-corrected chi connectivity index (χ2v) is 2.54. The quantitative estimate of drug-likeness (QED) is 0.516. The standard InChI is InChI=1S/C10H14O2/c1-5-7(3)9(10(11)12)8(4)6-2/h5-6H,1H2,2-4H3,(H,11,12)/b8-6-,9-7+. The van der Waals surface area contributed by atoms with Gasteiger partial charge in [-0.2, -0.15) is 0 Å². The number of carbonyl (C=O) groups is 1. The van der Waals surface area contributed by atoms with E-state index in [0.717, 1.165) is 5.57 Å². The molecule has 0 heterocycles. The minimum Gasteiger partial charge on any atom is -0.478 e. The van der Waals surface area contributed by atoms with Crippen LogP contribution in [0.4, 0.5) is 0 Å². The summed E-state index contributed by atoms with van der Waals surface area (Å²) < 4.78 is 0. The summed E-state index contributed by atoms with van der Waals surface area (Å²) in [5.41, 5.74) is 1.80. The zero-order valence-corrected chi connectivity index (χ0v) is 7.72. The normalized spacial score (nSPS) is 13.8. The molecule has 0 saturated heterocycles. The Kier molecular flexibility index (Phi) is 4.05. The van der Waals surface area contributed by atoms with Gasteiger partial charge < -0.3 is 5.11 Å². The van der Waals surface area contributed by atoms with Gasteiger partial charge in [-0.05, 0) is 31.9 Å². The Morgan fingerprint density at radius 2 is 1.92 bits per heavy atom. The van der Waals surface area contributed by atoms with Crippen molar-refractivity contribution in [1.29, 1.82) is 0 Å².